The van der Waals surface area contributed by atoms with Crippen molar-refractivity contribution in [3.63, 3.8) is 0 Å². The van der Waals surface area contributed by atoms with E-state index in [4.69, 9.17) is 10.5 Å². The van der Waals surface area contributed by atoms with Gasteiger partial charge in [-0.15, -0.1) is 11.8 Å². The average molecular weight is 155 g/mol. The molecule has 2 heteroatoms. The number of hydrogen-bond acceptors (Lipinski definition) is 2. The van der Waals surface area contributed by atoms with Crippen LogP contribution < -0.4 is 5.73 Å². The molecular weight excluding hydrogens is 138 g/mol. The Morgan fingerprint density at radius 1 is 1.55 bits per heavy atom. The lowest BCUT2D eigenvalue weighted by molar-refractivity contribution is 0.140. The molecule has 64 valence electrons. The minimum absolute atomic E-state index is 0.175. The Hall–Kier alpha value is -0.520. The van der Waals surface area contributed by atoms with Gasteiger partial charge in [-0.05, 0) is 20.3 Å². The molecule has 0 aromatic rings. The Labute approximate surface area is 69.1 Å². The summed E-state index contributed by atoms with van der Waals surface area (Å²) in [7, 11) is 0. The molecule has 11 heavy (non-hydrogen) atoms. The molecule has 1 unspecified atom stereocenters. The Balaban J connectivity index is 3.19. The van der Waals surface area contributed by atoms with Crippen LogP contribution in [0.2, 0.25) is 0 Å². The maximum atomic E-state index is 5.72. The lowest BCUT2D eigenvalue weighted by Gasteiger charge is -2.06. The maximum absolute atomic E-state index is 5.72. The van der Waals surface area contributed by atoms with Gasteiger partial charge >= 0.3 is 0 Å². The lowest BCUT2D eigenvalue weighted by atomic mass is 10.2. The van der Waals surface area contributed by atoms with Crippen LogP contribution in [0.15, 0.2) is 0 Å². The molecule has 0 amide bonds. The highest BCUT2D eigenvalue weighted by Gasteiger charge is 1.98. The van der Waals surface area contributed by atoms with E-state index < -0.39 is 0 Å². The van der Waals surface area contributed by atoms with Crippen LogP contribution >= 0.6 is 0 Å². The van der Waals surface area contributed by atoms with Gasteiger partial charge in [-0.2, -0.15) is 0 Å². The topological polar surface area (TPSA) is 35.2 Å². The highest BCUT2D eigenvalue weighted by atomic mass is 16.5. The van der Waals surface area contributed by atoms with Gasteiger partial charge in [0.25, 0.3) is 0 Å². The van der Waals surface area contributed by atoms with Gasteiger partial charge in [0, 0.05) is 25.7 Å². The van der Waals surface area contributed by atoms with Crippen LogP contribution in [0.25, 0.3) is 0 Å². The predicted octanol–water partition coefficient (Wildman–Crippen LogP) is 1.15. The molecule has 0 aromatic heterocycles. The molecule has 0 heterocycles. The molecule has 0 fully saturated rings. The average Bonchev–Trinajstić information content (AvgIpc) is 2.01. The van der Waals surface area contributed by atoms with Gasteiger partial charge in [0.05, 0.1) is 0 Å². The van der Waals surface area contributed by atoms with Crippen molar-refractivity contribution in [1.29, 1.82) is 0 Å². The molecule has 0 bridgehead atoms. The van der Waals surface area contributed by atoms with Crippen molar-refractivity contribution in [3.05, 3.63) is 0 Å². The SMILES string of the molecule is CC#CCC(N)CCOCC. The van der Waals surface area contributed by atoms with Gasteiger partial charge in [-0.3, -0.25) is 0 Å². The molecule has 0 rings (SSSR count). The van der Waals surface area contributed by atoms with E-state index >= 15 is 0 Å². The summed E-state index contributed by atoms with van der Waals surface area (Å²) in [4.78, 5) is 0. The maximum Gasteiger partial charge on any atom is 0.0480 e. The molecule has 0 aliphatic carbocycles. The van der Waals surface area contributed by atoms with E-state index in [1.807, 2.05) is 13.8 Å². The monoisotopic (exact) mass is 155 g/mol. The molecule has 2 nitrogen and oxygen atoms in total. The minimum Gasteiger partial charge on any atom is -0.382 e. The van der Waals surface area contributed by atoms with E-state index in [0.717, 1.165) is 26.1 Å². The fourth-order valence-electron chi connectivity index (χ4n) is 0.714. The highest BCUT2D eigenvalue weighted by molar-refractivity contribution is 4.97. The largest absolute Gasteiger partial charge is 0.382 e. The van der Waals surface area contributed by atoms with Crippen LogP contribution in [0.1, 0.15) is 26.7 Å². The third-order valence-corrected chi connectivity index (χ3v) is 1.38. The number of ether oxygens (including phenoxy) is 1. The van der Waals surface area contributed by atoms with Crippen LogP contribution in [0.3, 0.4) is 0 Å². The molecule has 0 saturated carbocycles. The van der Waals surface area contributed by atoms with Gasteiger partial charge in [0.15, 0.2) is 0 Å². The van der Waals surface area contributed by atoms with E-state index in [1.54, 1.807) is 0 Å². The summed E-state index contributed by atoms with van der Waals surface area (Å²) in [6.07, 6.45) is 1.69. The fraction of sp³-hybridized carbons (Fsp3) is 0.778. The smallest absolute Gasteiger partial charge is 0.0480 e. The lowest BCUT2D eigenvalue weighted by Crippen LogP contribution is -2.21. The van der Waals surface area contributed by atoms with Crippen molar-refractivity contribution in [3.8, 4) is 11.8 Å². The normalized spacial score (nSPS) is 11.9. The summed E-state index contributed by atoms with van der Waals surface area (Å²) in [5, 5.41) is 0. The molecule has 0 aliphatic heterocycles. The van der Waals surface area contributed by atoms with E-state index in [1.165, 1.54) is 0 Å². The van der Waals surface area contributed by atoms with Gasteiger partial charge in [0.2, 0.25) is 0 Å². The van der Waals surface area contributed by atoms with Crippen molar-refractivity contribution in [1.82, 2.24) is 0 Å². The molecule has 0 aromatic carbocycles. The van der Waals surface area contributed by atoms with Crippen LogP contribution in [-0.2, 0) is 4.74 Å². The third kappa shape index (κ3) is 7.38. The van der Waals surface area contributed by atoms with Gasteiger partial charge in [0.1, 0.15) is 0 Å². The van der Waals surface area contributed by atoms with Crippen molar-refractivity contribution < 1.29 is 4.74 Å². The van der Waals surface area contributed by atoms with Crippen LogP contribution in [0.5, 0.6) is 0 Å². The van der Waals surface area contributed by atoms with Crippen LogP contribution in [-0.4, -0.2) is 19.3 Å². The molecular formula is C9H17NO. The van der Waals surface area contributed by atoms with Crippen LogP contribution in [0, 0.1) is 11.8 Å². The summed E-state index contributed by atoms with van der Waals surface area (Å²) < 4.78 is 5.16. The first-order chi connectivity index (χ1) is 5.31. The second kappa shape index (κ2) is 7.59. The second-order valence-electron chi connectivity index (χ2n) is 2.38. The minimum atomic E-state index is 0.175. The Morgan fingerprint density at radius 3 is 2.82 bits per heavy atom. The Morgan fingerprint density at radius 2 is 2.27 bits per heavy atom. The molecule has 1 atom stereocenters. The molecule has 0 aliphatic rings. The molecule has 0 spiro atoms. The quantitative estimate of drug-likeness (QED) is 0.477. The van der Waals surface area contributed by atoms with Crippen molar-refractivity contribution in [2.45, 2.75) is 32.7 Å². The first-order valence-corrected chi connectivity index (χ1v) is 4.04. The summed E-state index contributed by atoms with van der Waals surface area (Å²) in [6, 6.07) is 0.175. The fourth-order valence-corrected chi connectivity index (χ4v) is 0.714. The van der Waals surface area contributed by atoms with Crippen molar-refractivity contribution in [2.75, 3.05) is 13.2 Å². The van der Waals surface area contributed by atoms with E-state index in [2.05, 4.69) is 11.8 Å². The zero-order valence-electron chi connectivity index (χ0n) is 7.39. The zero-order valence-corrected chi connectivity index (χ0v) is 7.39. The van der Waals surface area contributed by atoms with Crippen molar-refractivity contribution in [2.24, 2.45) is 5.73 Å². The van der Waals surface area contributed by atoms with E-state index in [9.17, 15) is 0 Å². The van der Waals surface area contributed by atoms with Crippen molar-refractivity contribution >= 4 is 0 Å². The third-order valence-electron chi connectivity index (χ3n) is 1.38. The Bertz CT molecular complexity index is 134. The summed E-state index contributed by atoms with van der Waals surface area (Å²) in [5.74, 6) is 5.76. The van der Waals surface area contributed by atoms with Gasteiger partial charge in [-0.25, -0.2) is 0 Å². The zero-order chi connectivity index (χ0) is 8.53. The van der Waals surface area contributed by atoms with Crippen LogP contribution in [0.4, 0.5) is 0 Å². The molecule has 0 saturated heterocycles. The molecule has 2 N–H and O–H groups in total. The number of hydrogen-bond donors (Lipinski definition) is 1. The molecule has 0 radical (unpaired) electrons. The summed E-state index contributed by atoms with van der Waals surface area (Å²) in [5.41, 5.74) is 5.72. The summed E-state index contributed by atoms with van der Waals surface area (Å²) in [6.45, 7) is 5.34. The highest BCUT2D eigenvalue weighted by Crippen LogP contribution is 1.93. The Kier molecular flexibility index (Phi) is 7.23. The summed E-state index contributed by atoms with van der Waals surface area (Å²) >= 11 is 0. The van der Waals surface area contributed by atoms with E-state index in [-0.39, 0.29) is 6.04 Å². The van der Waals surface area contributed by atoms with Gasteiger partial charge < -0.3 is 10.5 Å². The van der Waals surface area contributed by atoms with Gasteiger partial charge in [-0.1, -0.05) is 0 Å². The second-order valence-corrected chi connectivity index (χ2v) is 2.38. The first kappa shape index (κ1) is 10.5. The van der Waals surface area contributed by atoms with E-state index in [0.29, 0.717) is 0 Å². The first-order valence-electron chi connectivity index (χ1n) is 4.04. The number of rotatable bonds is 5. The standard InChI is InChI=1S/C9H17NO/c1-3-5-6-9(10)7-8-11-4-2/h9H,4,6-8,10H2,1-2H3. The predicted molar refractivity (Wildman–Crippen MR) is 47.2 cm³/mol. The number of nitrogens with two attached hydrogens (primary N) is 1.